The Morgan fingerprint density at radius 1 is 1.53 bits per heavy atom. The van der Waals surface area contributed by atoms with Gasteiger partial charge in [0.25, 0.3) is 0 Å². The predicted octanol–water partition coefficient (Wildman–Crippen LogP) is 1.34. The number of methoxy groups -OCH3 is 1. The Hall–Kier alpha value is -1.55. The first-order valence-electron chi connectivity index (χ1n) is 4.83. The van der Waals surface area contributed by atoms with Crippen LogP contribution in [0.1, 0.15) is 11.1 Å². The number of rotatable bonds is 5. The summed E-state index contributed by atoms with van der Waals surface area (Å²) in [5, 5.41) is 10.7. The fourth-order valence-corrected chi connectivity index (χ4v) is 1.40. The topological polar surface area (TPSA) is 71.1 Å². The van der Waals surface area contributed by atoms with Gasteiger partial charge in [0, 0.05) is 24.9 Å². The Balaban J connectivity index is 2.87. The number of ether oxygens (including phenoxy) is 1. The summed E-state index contributed by atoms with van der Waals surface area (Å²) >= 11 is 0. The lowest BCUT2D eigenvalue weighted by Gasteiger charge is -2.13. The van der Waals surface area contributed by atoms with Crippen LogP contribution in [-0.4, -0.2) is 26.1 Å². The highest BCUT2D eigenvalue weighted by molar-refractivity contribution is 6.00. The lowest BCUT2D eigenvalue weighted by molar-refractivity contribution is 0.211. The average molecular weight is 207 g/mol. The van der Waals surface area contributed by atoms with Crippen LogP contribution < -0.4 is 11.1 Å². The molecule has 0 fully saturated rings. The molecule has 0 bridgehead atoms. The van der Waals surface area contributed by atoms with Crippen molar-refractivity contribution < 1.29 is 4.74 Å². The van der Waals surface area contributed by atoms with Gasteiger partial charge in [0.1, 0.15) is 5.84 Å². The number of para-hydroxylation sites is 1. The van der Waals surface area contributed by atoms with E-state index in [4.69, 9.17) is 15.9 Å². The van der Waals surface area contributed by atoms with Crippen molar-refractivity contribution in [3.63, 3.8) is 0 Å². The van der Waals surface area contributed by atoms with Crippen molar-refractivity contribution in [2.75, 3.05) is 25.6 Å². The normalized spacial score (nSPS) is 10.0. The average Bonchev–Trinajstić information content (AvgIpc) is 2.20. The zero-order chi connectivity index (χ0) is 11.3. The van der Waals surface area contributed by atoms with E-state index < -0.39 is 0 Å². The molecule has 0 aromatic heterocycles. The van der Waals surface area contributed by atoms with Gasteiger partial charge in [-0.15, -0.1) is 0 Å². The summed E-state index contributed by atoms with van der Waals surface area (Å²) in [6.07, 6.45) is 0. The van der Waals surface area contributed by atoms with Crippen LogP contribution in [0.3, 0.4) is 0 Å². The van der Waals surface area contributed by atoms with Gasteiger partial charge in [-0.3, -0.25) is 5.41 Å². The maximum absolute atomic E-state index is 7.46. The van der Waals surface area contributed by atoms with Crippen LogP contribution in [0.2, 0.25) is 0 Å². The maximum atomic E-state index is 7.46. The minimum Gasteiger partial charge on any atom is -0.384 e. The molecule has 1 aromatic carbocycles. The molecule has 0 aliphatic carbocycles. The van der Waals surface area contributed by atoms with Gasteiger partial charge in [-0.2, -0.15) is 0 Å². The highest BCUT2D eigenvalue weighted by Crippen LogP contribution is 2.19. The first-order valence-corrected chi connectivity index (χ1v) is 4.83. The van der Waals surface area contributed by atoms with Gasteiger partial charge in [0.2, 0.25) is 0 Å². The minimum atomic E-state index is 0.0821. The number of nitrogens with two attached hydrogens (primary N) is 1. The first-order chi connectivity index (χ1) is 7.16. The SMILES string of the molecule is COCCNc1c(C)cccc1C(=N)N. The number of anilines is 1. The summed E-state index contributed by atoms with van der Waals surface area (Å²) in [4.78, 5) is 0. The molecule has 1 rings (SSSR count). The third-order valence-corrected chi connectivity index (χ3v) is 2.17. The van der Waals surface area contributed by atoms with Crippen molar-refractivity contribution in [3.05, 3.63) is 29.3 Å². The van der Waals surface area contributed by atoms with Gasteiger partial charge in [-0.25, -0.2) is 0 Å². The van der Waals surface area contributed by atoms with Crippen LogP contribution in [0.5, 0.6) is 0 Å². The van der Waals surface area contributed by atoms with E-state index in [1.807, 2.05) is 25.1 Å². The largest absolute Gasteiger partial charge is 0.384 e. The molecule has 0 spiro atoms. The molecule has 0 amide bonds. The molecule has 0 aliphatic heterocycles. The second kappa shape index (κ2) is 5.36. The maximum Gasteiger partial charge on any atom is 0.124 e. The Bertz CT molecular complexity index is 350. The molecular formula is C11H17N3O. The zero-order valence-electron chi connectivity index (χ0n) is 9.13. The molecule has 0 unspecified atom stereocenters. The molecular weight excluding hydrogens is 190 g/mol. The Labute approximate surface area is 89.9 Å². The molecule has 0 atom stereocenters. The van der Waals surface area contributed by atoms with E-state index in [1.165, 1.54) is 0 Å². The summed E-state index contributed by atoms with van der Waals surface area (Å²) in [6, 6.07) is 5.72. The van der Waals surface area contributed by atoms with E-state index in [0.717, 1.165) is 16.8 Å². The van der Waals surface area contributed by atoms with Gasteiger partial charge in [-0.05, 0) is 18.6 Å². The highest BCUT2D eigenvalue weighted by Gasteiger charge is 2.06. The summed E-state index contributed by atoms with van der Waals surface area (Å²) in [7, 11) is 1.66. The Morgan fingerprint density at radius 2 is 2.27 bits per heavy atom. The van der Waals surface area contributed by atoms with E-state index in [9.17, 15) is 0 Å². The fourth-order valence-electron chi connectivity index (χ4n) is 1.40. The first kappa shape index (κ1) is 11.5. The summed E-state index contributed by atoms with van der Waals surface area (Å²) in [5.74, 6) is 0.0821. The van der Waals surface area contributed by atoms with E-state index in [-0.39, 0.29) is 5.84 Å². The van der Waals surface area contributed by atoms with Gasteiger partial charge in [0.15, 0.2) is 0 Å². The summed E-state index contributed by atoms with van der Waals surface area (Å²) in [6.45, 7) is 3.33. The van der Waals surface area contributed by atoms with Crippen LogP contribution >= 0.6 is 0 Å². The van der Waals surface area contributed by atoms with E-state index >= 15 is 0 Å². The van der Waals surface area contributed by atoms with Crippen molar-refractivity contribution >= 4 is 11.5 Å². The fraction of sp³-hybridized carbons (Fsp3) is 0.364. The second-order valence-electron chi connectivity index (χ2n) is 3.33. The van der Waals surface area contributed by atoms with Crippen molar-refractivity contribution in [2.24, 2.45) is 5.73 Å². The number of benzene rings is 1. The van der Waals surface area contributed by atoms with Crippen molar-refractivity contribution in [3.8, 4) is 0 Å². The third-order valence-electron chi connectivity index (χ3n) is 2.17. The Kier molecular flexibility index (Phi) is 4.12. The van der Waals surface area contributed by atoms with E-state index in [1.54, 1.807) is 7.11 Å². The van der Waals surface area contributed by atoms with E-state index in [2.05, 4.69) is 5.32 Å². The predicted molar refractivity (Wildman–Crippen MR) is 62.6 cm³/mol. The highest BCUT2D eigenvalue weighted by atomic mass is 16.5. The summed E-state index contributed by atoms with van der Waals surface area (Å²) < 4.78 is 4.96. The standard InChI is InChI=1S/C11H17N3O/c1-8-4-3-5-9(11(12)13)10(8)14-6-7-15-2/h3-5,14H,6-7H2,1-2H3,(H3,12,13). The van der Waals surface area contributed by atoms with Crippen LogP contribution in [0.4, 0.5) is 5.69 Å². The lowest BCUT2D eigenvalue weighted by Crippen LogP contribution is -2.17. The molecule has 4 N–H and O–H groups in total. The van der Waals surface area contributed by atoms with Crippen molar-refractivity contribution in [1.29, 1.82) is 5.41 Å². The Morgan fingerprint density at radius 3 is 2.87 bits per heavy atom. The van der Waals surface area contributed by atoms with Crippen LogP contribution in [0.25, 0.3) is 0 Å². The molecule has 0 saturated heterocycles. The van der Waals surface area contributed by atoms with E-state index in [0.29, 0.717) is 13.2 Å². The molecule has 4 nitrogen and oxygen atoms in total. The number of hydrogen-bond donors (Lipinski definition) is 3. The van der Waals surface area contributed by atoms with Crippen molar-refractivity contribution in [2.45, 2.75) is 6.92 Å². The molecule has 82 valence electrons. The van der Waals surface area contributed by atoms with Gasteiger partial charge >= 0.3 is 0 Å². The minimum absolute atomic E-state index is 0.0821. The molecule has 1 aromatic rings. The van der Waals surface area contributed by atoms with Crippen molar-refractivity contribution in [1.82, 2.24) is 0 Å². The molecule has 4 heteroatoms. The lowest BCUT2D eigenvalue weighted by atomic mass is 10.1. The monoisotopic (exact) mass is 207 g/mol. The number of amidine groups is 1. The zero-order valence-corrected chi connectivity index (χ0v) is 9.13. The molecule has 0 radical (unpaired) electrons. The third kappa shape index (κ3) is 2.95. The summed E-state index contributed by atoms with van der Waals surface area (Å²) in [5.41, 5.74) is 8.24. The number of nitrogen functional groups attached to an aromatic ring is 1. The smallest absolute Gasteiger partial charge is 0.124 e. The molecule has 0 heterocycles. The van der Waals surface area contributed by atoms with Gasteiger partial charge < -0.3 is 15.8 Å². The molecule has 0 saturated carbocycles. The number of nitrogens with one attached hydrogen (secondary N) is 2. The molecule has 0 aliphatic rings. The van der Waals surface area contributed by atoms with Crippen LogP contribution in [0.15, 0.2) is 18.2 Å². The number of hydrogen-bond acceptors (Lipinski definition) is 3. The van der Waals surface area contributed by atoms with Crippen LogP contribution in [-0.2, 0) is 4.74 Å². The van der Waals surface area contributed by atoms with Gasteiger partial charge in [0.05, 0.1) is 6.61 Å². The quantitative estimate of drug-likeness (QED) is 0.387. The second-order valence-corrected chi connectivity index (χ2v) is 3.33. The molecule has 15 heavy (non-hydrogen) atoms. The number of aryl methyl sites for hydroxylation is 1. The van der Waals surface area contributed by atoms with Gasteiger partial charge in [-0.1, -0.05) is 12.1 Å². The van der Waals surface area contributed by atoms with Crippen LogP contribution in [0, 0.1) is 12.3 Å².